The van der Waals surface area contributed by atoms with Crippen molar-refractivity contribution in [3.63, 3.8) is 0 Å². The predicted octanol–water partition coefficient (Wildman–Crippen LogP) is 3.38. The fourth-order valence-electron chi connectivity index (χ4n) is 1.66. The van der Waals surface area contributed by atoms with Gasteiger partial charge in [0.2, 0.25) is 0 Å². The fourth-order valence-corrected chi connectivity index (χ4v) is 1.66. The summed E-state index contributed by atoms with van der Waals surface area (Å²) in [5.41, 5.74) is -0.935. The van der Waals surface area contributed by atoms with Crippen molar-refractivity contribution < 1.29 is 17.6 Å². The van der Waals surface area contributed by atoms with Gasteiger partial charge in [0.05, 0.1) is 0 Å². The molecule has 0 aliphatic carbocycles. The molecule has 0 saturated heterocycles. The van der Waals surface area contributed by atoms with Crippen LogP contribution in [0.5, 0.6) is 0 Å². The number of anilines is 3. The van der Waals surface area contributed by atoms with Crippen LogP contribution in [0.4, 0.5) is 34.9 Å². The van der Waals surface area contributed by atoms with Gasteiger partial charge < -0.3 is 10.6 Å². The molecule has 0 aliphatic rings. The quantitative estimate of drug-likeness (QED) is 0.671. The number of hydrogen-bond donors (Lipinski definition) is 2. The van der Waals surface area contributed by atoms with E-state index in [0.29, 0.717) is 18.1 Å². The molecule has 8 heteroatoms. The topological polar surface area (TPSA) is 49.8 Å². The molecule has 1 heterocycles. The lowest BCUT2D eigenvalue weighted by atomic mass is 10.2. The molecule has 0 fully saturated rings. The molecule has 0 atom stereocenters. The SMILES string of the molecule is CCc1nc(NC)cc(Nc2c(F)c(F)cc(F)c2F)n1. The lowest BCUT2D eigenvalue weighted by molar-refractivity contribution is 0.459. The van der Waals surface area contributed by atoms with Crippen molar-refractivity contribution in [2.45, 2.75) is 13.3 Å². The Morgan fingerprint density at radius 1 is 0.952 bits per heavy atom. The minimum absolute atomic E-state index is 0.0222. The van der Waals surface area contributed by atoms with Crippen molar-refractivity contribution in [3.8, 4) is 0 Å². The van der Waals surface area contributed by atoms with Crippen molar-refractivity contribution in [2.24, 2.45) is 0 Å². The van der Waals surface area contributed by atoms with Gasteiger partial charge in [-0.15, -0.1) is 0 Å². The molecule has 4 nitrogen and oxygen atoms in total. The maximum absolute atomic E-state index is 13.6. The molecule has 0 radical (unpaired) electrons. The molecule has 0 aliphatic heterocycles. The summed E-state index contributed by atoms with van der Waals surface area (Å²) in [6.45, 7) is 1.79. The van der Waals surface area contributed by atoms with E-state index in [9.17, 15) is 17.6 Å². The molecule has 2 N–H and O–H groups in total. The fraction of sp³-hybridized carbons (Fsp3) is 0.231. The highest BCUT2D eigenvalue weighted by atomic mass is 19.2. The third-order valence-electron chi connectivity index (χ3n) is 2.71. The number of aryl methyl sites for hydroxylation is 1. The lowest BCUT2D eigenvalue weighted by Gasteiger charge is -2.11. The summed E-state index contributed by atoms with van der Waals surface area (Å²) in [6.07, 6.45) is 0.479. The van der Waals surface area contributed by atoms with Crippen LogP contribution in [0.15, 0.2) is 12.1 Å². The number of halogens is 4. The number of benzene rings is 1. The van der Waals surface area contributed by atoms with Crippen LogP contribution in [0.3, 0.4) is 0 Å². The van der Waals surface area contributed by atoms with E-state index in [1.165, 1.54) is 6.07 Å². The summed E-state index contributed by atoms with van der Waals surface area (Å²) in [6, 6.07) is 1.51. The minimum Gasteiger partial charge on any atom is -0.373 e. The van der Waals surface area contributed by atoms with Crippen LogP contribution in [0.2, 0.25) is 0 Å². The van der Waals surface area contributed by atoms with Crippen LogP contribution in [-0.4, -0.2) is 17.0 Å². The van der Waals surface area contributed by atoms with Crippen LogP contribution in [0.1, 0.15) is 12.7 Å². The van der Waals surface area contributed by atoms with Crippen LogP contribution in [0.25, 0.3) is 0 Å². The van der Waals surface area contributed by atoms with Gasteiger partial charge in [0.15, 0.2) is 23.3 Å². The zero-order chi connectivity index (χ0) is 15.6. The van der Waals surface area contributed by atoms with Crippen LogP contribution in [0, 0.1) is 23.3 Å². The molecular formula is C13H12F4N4. The van der Waals surface area contributed by atoms with Crippen LogP contribution < -0.4 is 10.6 Å². The van der Waals surface area contributed by atoms with Gasteiger partial charge in [0, 0.05) is 25.6 Å². The summed E-state index contributed by atoms with van der Waals surface area (Å²) >= 11 is 0. The summed E-state index contributed by atoms with van der Waals surface area (Å²) < 4.78 is 53.5. The highest BCUT2D eigenvalue weighted by Crippen LogP contribution is 2.27. The largest absolute Gasteiger partial charge is 0.373 e. The van der Waals surface area contributed by atoms with Gasteiger partial charge in [-0.25, -0.2) is 27.5 Å². The Balaban J connectivity index is 2.47. The van der Waals surface area contributed by atoms with Crippen molar-refractivity contribution >= 4 is 17.3 Å². The number of hydrogen-bond acceptors (Lipinski definition) is 4. The highest BCUT2D eigenvalue weighted by molar-refractivity contribution is 5.60. The molecule has 1 aromatic heterocycles. The van der Waals surface area contributed by atoms with Crippen molar-refractivity contribution in [2.75, 3.05) is 17.7 Å². The Kier molecular flexibility index (Phi) is 4.25. The third kappa shape index (κ3) is 3.04. The molecule has 0 bridgehead atoms. The van der Waals surface area contributed by atoms with E-state index in [1.807, 2.05) is 0 Å². The predicted molar refractivity (Wildman–Crippen MR) is 70.5 cm³/mol. The van der Waals surface area contributed by atoms with Crippen LogP contribution in [-0.2, 0) is 6.42 Å². The smallest absolute Gasteiger partial charge is 0.185 e. The first kappa shape index (κ1) is 15.0. The van der Waals surface area contributed by atoms with E-state index < -0.39 is 29.0 Å². The van der Waals surface area contributed by atoms with Gasteiger partial charge in [0.1, 0.15) is 23.1 Å². The average Bonchev–Trinajstić information content (AvgIpc) is 2.49. The zero-order valence-electron chi connectivity index (χ0n) is 11.3. The van der Waals surface area contributed by atoms with E-state index in [-0.39, 0.29) is 11.9 Å². The molecule has 0 saturated carbocycles. The molecule has 0 spiro atoms. The summed E-state index contributed by atoms with van der Waals surface area (Å²) in [5, 5.41) is 5.00. The Morgan fingerprint density at radius 2 is 1.52 bits per heavy atom. The zero-order valence-corrected chi connectivity index (χ0v) is 11.3. The maximum atomic E-state index is 13.6. The van der Waals surface area contributed by atoms with Crippen LogP contribution >= 0.6 is 0 Å². The number of nitrogens with zero attached hydrogens (tertiary/aromatic N) is 2. The van der Waals surface area contributed by atoms with E-state index in [2.05, 4.69) is 20.6 Å². The van der Waals surface area contributed by atoms with Gasteiger partial charge in [-0.05, 0) is 0 Å². The molecule has 2 rings (SSSR count). The van der Waals surface area contributed by atoms with Gasteiger partial charge in [0.25, 0.3) is 0 Å². The molecule has 1 aromatic carbocycles. The first-order chi connectivity index (χ1) is 9.96. The van der Waals surface area contributed by atoms with E-state index in [4.69, 9.17) is 0 Å². The second kappa shape index (κ2) is 5.94. The van der Waals surface area contributed by atoms with Crippen molar-refractivity contribution in [3.05, 3.63) is 41.2 Å². The minimum atomic E-state index is -1.52. The monoisotopic (exact) mass is 300 g/mol. The van der Waals surface area contributed by atoms with Crippen molar-refractivity contribution in [1.29, 1.82) is 0 Å². The molecule has 21 heavy (non-hydrogen) atoms. The van der Waals surface area contributed by atoms with Gasteiger partial charge in [-0.1, -0.05) is 6.92 Å². The molecule has 112 valence electrons. The molecule has 0 amide bonds. The average molecular weight is 300 g/mol. The summed E-state index contributed by atoms with van der Waals surface area (Å²) in [5.74, 6) is -5.18. The van der Waals surface area contributed by atoms with E-state index in [1.54, 1.807) is 14.0 Å². The van der Waals surface area contributed by atoms with Gasteiger partial charge in [-0.2, -0.15) is 0 Å². The number of nitrogens with one attached hydrogen (secondary N) is 2. The van der Waals surface area contributed by atoms with E-state index >= 15 is 0 Å². The number of rotatable bonds is 4. The standard InChI is InChI=1S/C13H12F4N4/c1-3-8-19-9(18-2)5-10(20-8)21-13-11(16)6(14)4-7(15)12(13)17/h4-5H,3H2,1-2H3,(H2,18,19,20,21). The Hall–Kier alpha value is -2.38. The first-order valence-electron chi connectivity index (χ1n) is 6.12. The third-order valence-corrected chi connectivity index (χ3v) is 2.71. The first-order valence-corrected chi connectivity index (χ1v) is 6.12. The second-order valence-electron chi connectivity index (χ2n) is 4.13. The number of aromatic nitrogens is 2. The van der Waals surface area contributed by atoms with Gasteiger partial charge in [-0.3, -0.25) is 0 Å². The van der Waals surface area contributed by atoms with E-state index in [0.717, 1.165) is 0 Å². The highest BCUT2D eigenvalue weighted by Gasteiger charge is 2.20. The van der Waals surface area contributed by atoms with Crippen molar-refractivity contribution in [1.82, 2.24) is 9.97 Å². The lowest BCUT2D eigenvalue weighted by Crippen LogP contribution is -2.07. The molecule has 0 unspecified atom stereocenters. The normalized spacial score (nSPS) is 10.6. The summed E-state index contributed by atoms with van der Waals surface area (Å²) in [7, 11) is 1.61. The molecule has 2 aromatic rings. The maximum Gasteiger partial charge on any atom is 0.185 e. The Bertz CT molecular complexity index is 627. The molecular weight excluding hydrogens is 288 g/mol. The Labute approximate surface area is 118 Å². The van der Waals surface area contributed by atoms with Gasteiger partial charge >= 0.3 is 0 Å². The Morgan fingerprint density at radius 3 is 2.05 bits per heavy atom. The second-order valence-corrected chi connectivity index (χ2v) is 4.13. The summed E-state index contributed by atoms with van der Waals surface area (Å²) in [4.78, 5) is 8.09.